The molecule has 0 aromatic rings. The van der Waals surface area contributed by atoms with E-state index in [-0.39, 0.29) is 12.3 Å². The molecule has 13 heteroatoms. The van der Waals surface area contributed by atoms with Gasteiger partial charge in [-0.05, 0) is 19.3 Å². The monoisotopic (exact) mass is 446 g/mol. The van der Waals surface area contributed by atoms with E-state index in [1.165, 1.54) is 6.92 Å². The largest absolute Gasteiger partial charge is 0.481 e. The third-order valence-corrected chi connectivity index (χ3v) is 4.58. The first-order valence-corrected chi connectivity index (χ1v) is 9.63. The average Bonchev–Trinajstić information content (AvgIpc) is 2.68. The third kappa shape index (κ3) is 10.4. The van der Waals surface area contributed by atoms with Gasteiger partial charge in [-0.15, -0.1) is 0 Å². The summed E-state index contributed by atoms with van der Waals surface area (Å²) in [6.45, 7) is 4.77. The number of nitrogens with one attached hydrogen (secondary N) is 3. The molecule has 31 heavy (non-hydrogen) atoms. The van der Waals surface area contributed by atoms with Crippen molar-refractivity contribution in [3.8, 4) is 0 Å². The predicted molar refractivity (Wildman–Crippen MR) is 106 cm³/mol. The smallest absolute Gasteiger partial charge is 0.326 e. The van der Waals surface area contributed by atoms with Crippen LogP contribution in [-0.2, 0) is 28.8 Å². The van der Waals surface area contributed by atoms with Crippen LogP contribution in [0.2, 0.25) is 0 Å². The summed E-state index contributed by atoms with van der Waals surface area (Å²) in [4.78, 5) is 69.6. The van der Waals surface area contributed by atoms with Gasteiger partial charge in [-0.2, -0.15) is 0 Å². The molecule has 3 amide bonds. The number of rotatable bonds is 14. The van der Waals surface area contributed by atoms with Crippen LogP contribution in [0.5, 0.6) is 0 Å². The Balaban J connectivity index is 5.19. The molecule has 13 nitrogen and oxygen atoms in total. The van der Waals surface area contributed by atoms with Crippen LogP contribution in [0.25, 0.3) is 0 Å². The number of carbonyl (C=O) groups is 6. The molecule has 0 bridgehead atoms. The number of nitrogens with two attached hydrogens (primary N) is 1. The number of amides is 3. The average molecular weight is 446 g/mol. The fourth-order valence-electron chi connectivity index (χ4n) is 2.37. The summed E-state index contributed by atoms with van der Waals surface area (Å²) in [6.07, 6.45) is -0.992. The summed E-state index contributed by atoms with van der Waals surface area (Å²) in [5.41, 5.74) is 5.82. The van der Waals surface area contributed by atoms with Crippen molar-refractivity contribution in [3.05, 3.63) is 0 Å². The Labute approximate surface area is 178 Å². The Kier molecular flexibility index (Phi) is 11.8. The first kappa shape index (κ1) is 27.8. The van der Waals surface area contributed by atoms with Gasteiger partial charge in [-0.25, -0.2) is 4.79 Å². The lowest BCUT2D eigenvalue weighted by molar-refractivity contribution is -0.147. The minimum atomic E-state index is -1.71. The van der Waals surface area contributed by atoms with Crippen molar-refractivity contribution in [2.45, 2.75) is 70.6 Å². The summed E-state index contributed by atoms with van der Waals surface area (Å²) in [5.74, 6) is -6.93. The molecule has 0 aliphatic heterocycles. The lowest BCUT2D eigenvalue weighted by atomic mass is 9.98. The summed E-state index contributed by atoms with van der Waals surface area (Å²) < 4.78 is 0. The topological polar surface area (TPSA) is 225 Å². The maximum absolute atomic E-state index is 12.5. The van der Waals surface area contributed by atoms with Crippen molar-refractivity contribution in [2.24, 2.45) is 11.7 Å². The second-order valence-corrected chi connectivity index (χ2v) is 7.13. The lowest BCUT2D eigenvalue weighted by Crippen LogP contribution is -2.57. The molecule has 0 aliphatic rings. The van der Waals surface area contributed by atoms with Gasteiger partial charge in [0.15, 0.2) is 0 Å². The fraction of sp³-hybridized carbons (Fsp3) is 0.667. The fourth-order valence-corrected chi connectivity index (χ4v) is 2.37. The molecule has 176 valence electrons. The molecule has 0 fully saturated rings. The van der Waals surface area contributed by atoms with Crippen molar-refractivity contribution in [1.29, 1.82) is 0 Å². The van der Waals surface area contributed by atoms with Gasteiger partial charge >= 0.3 is 17.9 Å². The molecule has 0 radical (unpaired) electrons. The van der Waals surface area contributed by atoms with Gasteiger partial charge in [0.1, 0.15) is 18.1 Å². The molecule has 0 aromatic carbocycles. The van der Waals surface area contributed by atoms with Crippen molar-refractivity contribution in [3.63, 3.8) is 0 Å². The molecule has 0 spiro atoms. The quantitative estimate of drug-likeness (QED) is 0.159. The van der Waals surface area contributed by atoms with Crippen molar-refractivity contribution in [2.75, 3.05) is 0 Å². The maximum Gasteiger partial charge on any atom is 0.326 e. The van der Waals surface area contributed by atoms with E-state index in [2.05, 4.69) is 10.6 Å². The summed E-state index contributed by atoms with van der Waals surface area (Å²) >= 11 is 0. The number of hydrogen-bond acceptors (Lipinski definition) is 7. The molecule has 0 unspecified atom stereocenters. The molecule has 0 saturated heterocycles. The van der Waals surface area contributed by atoms with E-state index in [0.29, 0.717) is 6.42 Å². The zero-order valence-electron chi connectivity index (χ0n) is 17.6. The van der Waals surface area contributed by atoms with E-state index in [0.717, 1.165) is 0 Å². The van der Waals surface area contributed by atoms with E-state index in [1.807, 2.05) is 12.2 Å². The molecule has 0 rings (SSSR count). The number of aliphatic carboxylic acids is 3. The Bertz CT molecular complexity index is 698. The Morgan fingerprint density at radius 2 is 1.35 bits per heavy atom. The van der Waals surface area contributed by atoms with Gasteiger partial charge in [-0.3, -0.25) is 24.0 Å². The summed E-state index contributed by atoms with van der Waals surface area (Å²) in [6, 6.07) is -5.24. The van der Waals surface area contributed by atoms with Gasteiger partial charge in [0.2, 0.25) is 17.7 Å². The van der Waals surface area contributed by atoms with Crippen LogP contribution >= 0.6 is 0 Å². The van der Waals surface area contributed by atoms with Crippen LogP contribution in [0.15, 0.2) is 0 Å². The number of carboxylic acids is 3. The highest BCUT2D eigenvalue weighted by molar-refractivity contribution is 5.94. The van der Waals surface area contributed by atoms with E-state index in [1.54, 1.807) is 6.92 Å². The standard InChI is InChI=1S/C18H30N4O9/c1-4-8(2)14(19)17(29)21-10(5-6-12(23)24)16(28)20-9(3)15(27)22-11(18(30)31)7-13(25)26/h8-11,14H,4-7,19H2,1-3H3,(H,20,28)(H,21,29)(H,22,27)(H,23,24)(H,25,26)(H,30,31)/t8-,9-,10-,11-,14-/m0/s1. The minimum Gasteiger partial charge on any atom is -0.481 e. The van der Waals surface area contributed by atoms with Crippen molar-refractivity contribution >= 4 is 35.6 Å². The maximum atomic E-state index is 12.5. The molecule has 0 aromatic heterocycles. The number of carbonyl (C=O) groups excluding carboxylic acids is 3. The Hall–Kier alpha value is -3.22. The molecule has 0 aliphatic carbocycles. The number of carboxylic acid groups (broad SMARTS) is 3. The lowest BCUT2D eigenvalue weighted by Gasteiger charge is -2.24. The third-order valence-electron chi connectivity index (χ3n) is 4.58. The highest BCUT2D eigenvalue weighted by Gasteiger charge is 2.30. The van der Waals surface area contributed by atoms with Gasteiger partial charge < -0.3 is 37.0 Å². The van der Waals surface area contributed by atoms with Crippen LogP contribution in [0.3, 0.4) is 0 Å². The second-order valence-electron chi connectivity index (χ2n) is 7.13. The molecule has 0 saturated carbocycles. The second kappa shape index (κ2) is 13.2. The summed E-state index contributed by atoms with van der Waals surface area (Å²) in [5, 5.41) is 33.2. The van der Waals surface area contributed by atoms with Gasteiger partial charge in [0, 0.05) is 6.42 Å². The SMILES string of the molecule is CC[C@H](C)[C@H](N)C(=O)N[C@@H](CCC(=O)O)C(=O)N[C@@H](C)C(=O)N[C@@H](CC(=O)O)C(=O)O. The highest BCUT2D eigenvalue weighted by Crippen LogP contribution is 2.07. The Morgan fingerprint density at radius 3 is 1.81 bits per heavy atom. The van der Waals surface area contributed by atoms with Crippen LogP contribution in [0.1, 0.15) is 46.5 Å². The summed E-state index contributed by atoms with van der Waals surface area (Å²) in [7, 11) is 0. The first-order valence-electron chi connectivity index (χ1n) is 9.63. The Morgan fingerprint density at radius 1 is 0.806 bits per heavy atom. The van der Waals surface area contributed by atoms with Crippen molar-refractivity contribution < 1.29 is 44.1 Å². The molecule has 0 heterocycles. The van der Waals surface area contributed by atoms with Gasteiger partial charge in [0.25, 0.3) is 0 Å². The van der Waals surface area contributed by atoms with Crippen LogP contribution in [0, 0.1) is 5.92 Å². The molecular weight excluding hydrogens is 416 g/mol. The van der Waals surface area contributed by atoms with E-state index in [9.17, 15) is 28.8 Å². The predicted octanol–water partition coefficient (Wildman–Crippen LogP) is -1.74. The van der Waals surface area contributed by atoms with Gasteiger partial charge in [0.05, 0.1) is 12.5 Å². The first-order chi connectivity index (χ1) is 14.3. The number of hydrogen-bond donors (Lipinski definition) is 7. The normalized spacial score (nSPS) is 15.5. The van der Waals surface area contributed by atoms with E-state index in [4.69, 9.17) is 21.1 Å². The molecule has 8 N–H and O–H groups in total. The van der Waals surface area contributed by atoms with Gasteiger partial charge in [-0.1, -0.05) is 20.3 Å². The zero-order valence-corrected chi connectivity index (χ0v) is 17.6. The van der Waals surface area contributed by atoms with E-state index < -0.39 is 72.6 Å². The van der Waals surface area contributed by atoms with Crippen LogP contribution in [-0.4, -0.2) is 75.1 Å². The van der Waals surface area contributed by atoms with Crippen LogP contribution < -0.4 is 21.7 Å². The minimum absolute atomic E-state index is 0.199. The highest BCUT2D eigenvalue weighted by atomic mass is 16.4. The molecule has 5 atom stereocenters. The van der Waals surface area contributed by atoms with E-state index >= 15 is 0 Å². The van der Waals surface area contributed by atoms with Crippen molar-refractivity contribution in [1.82, 2.24) is 16.0 Å². The van der Waals surface area contributed by atoms with Crippen LogP contribution in [0.4, 0.5) is 0 Å². The zero-order chi connectivity index (χ0) is 24.3. The molecular formula is C18H30N4O9.